The molecule has 0 bridgehead atoms. The van der Waals surface area contributed by atoms with E-state index in [4.69, 9.17) is 0 Å². The second-order valence-electron chi connectivity index (χ2n) is 6.60. The van der Waals surface area contributed by atoms with Gasteiger partial charge in [0.2, 0.25) is 0 Å². The van der Waals surface area contributed by atoms with Crippen molar-refractivity contribution in [2.75, 3.05) is 0 Å². The molecule has 1 nitrogen and oxygen atoms in total. The molecule has 0 spiro atoms. The maximum Gasteiger partial charge on any atom is 0.0690 e. The van der Waals surface area contributed by atoms with E-state index in [9.17, 15) is 5.11 Å². The van der Waals surface area contributed by atoms with Crippen LogP contribution in [0, 0.1) is 5.92 Å². The van der Waals surface area contributed by atoms with Crippen LogP contribution >= 0.6 is 0 Å². The van der Waals surface area contributed by atoms with Gasteiger partial charge in [-0.05, 0) is 48.6 Å². The van der Waals surface area contributed by atoms with Crippen LogP contribution in [0.1, 0.15) is 62.5 Å². The molecular formula is C17H24O. The Morgan fingerprint density at radius 1 is 1.17 bits per heavy atom. The average molecular weight is 244 g/mol. The number of hydrogen-bond donors (Lipinski definition) is 1. The fourth-order valence-corrected chi connectivity index (χ4v) is 3.25. The molecule has 0 heterocycles. The molecule has 0 atom stereocenters. The minimum atomic E-state index is -0.361. The van der Waals surface area contributed by atoms with Gasteiger partial charge in [-0.15, -0.1) is 0 Å². The van der Waals surface area contributed by atoms with Gasteiger partial charge in [0.05, 0.1) is 5.60 Å². The monoisotopic (exact) mass is 244 g/mol. The molecule has 2 aliphatic carbocycles. The van der Waals surface area contributed by atoms with Gasteiger partial charge in [0, 0.05) is 6.42 Å². The Hall–Kier alpha value is -0.820. The Bertz CT molecular complexity index is 411. The van der Waals surface area contributed by atoms with Crippen molar-refractivity contribution in [2.24, 2.45) is 5.92 Å². The van der Waals surface area contributed by atoms with Crippen molar-refractivity contribution < 1.29 is 5.11 Å². The first-order chi connectivity index (χ1) is 8.65. The third-order valence-electron chi connectivity index (χ3n) is 4.80. The summed E-state index contributed by atoms with van der Waals surface area (Å²) >= 11 is 0. The lowest BCUT2D eigenvalue weighted by molar-refractivity contribution is 0.151. The Morgan fingerprint density at radius 3 is 2.56 bits per heavy atom. The van der Waals surface area contributed by atoms with Gasteiger partial charge in [0.15, 0.2) is 0 Å². The zero-order valence-electron chi connectivity index (χ0n) is 11.4. The molecule has 1 heteroatoms. The standard InChI is InChI=1S/C17H24O/c1-13-5-7-15(8-6-13)16-4-2-3-14(11-16)12-17(18)9-10-17/h2-4,11,13,15,18H,5-10,12H2,1H3. The Labute approximate surface area is 110 Å². The zero-order chi connectivity index (χ0) is 12.6. The van der Waals surface area contributed by atoms with Gasteiger partial charge in [-0.2, -0.15) is 0 Å². The zero-order valence-corrected chi connectivity index (χ0v) is 11.4. The van der Waals surface area contributed by atoms with Crippen LogP contribution in [0.2, 0.25) is 0 Å². The molecule has 0 saturated heterocycles. The molecule has 2 fully saturated rings. The van der Waals surface area contributed by atoms with Crippen LogP contribution in [-0.4, -0.2) is 10.7 Å². The molecule has 0 unspecified atom stereocenters. The second kappa shape index (κ2) is 4.70. The van der Waals surface area contributed by atoms with Crippen LogP contribution in [0.3, 0.4) is 0 Å². The highest BCUT2D eigenvalue weighted by Crippen LogP contribution is 2.39. The molecule has 0 aliphatic heterocycles. The lowest BCUT2D eigenvalue weighted by atomic mass is 9.79. The number of aliphatic hydroxyl groups is 1. The Balaban J connectivity index is 1.70. The molecule has 3 rings (SSSR count). The number of hydrogen-bond acceptors (Lipinski definition) is 1. The largest absolute Gasteiger partial charge is 0.390 e. The molecular weight excluding hydrogens is 220 g/mol. The van der Waals surface area contributed by atoms with Gasteiger partial charge in [-0.25, -0.2) is 0 Å². The normalized spacial score (nSPS) is 30.1. The molecule has 0 radical (unpaired) electrons. The maximum absolute atomic E-state index is 10.0. The van der Waals surface area contributed by atoms with Gasteiger partial charge >= 0.3 is 0 Å². The molecule has 0 aromatic heterocycles. The lowest BCUT2D eigenvalue weighted by Gasteiger charge is -2.26. The second-order valence-corrected chi connectivity index (χ2v) is 6.60. The minimum absolute atomic E-state index is 0.361. The van der Waals surface area contributed by atoms with Crippen LogP contribution in [0.15, 0.2) is 24.3 Å². The van der Waals surface area contributed by atoms with Crippen molar-refractivity contribution in [1.82, 2.24) is 0 Å². The van der Waals surface area contributed by atoms with E-state index in [0.29, 0.717) is 0 Å². The van der Waals surface area contributed by atoms with Crippen LogP contribution in [0.25, 0.3) is 0 Å². The first-order valence-electron chi connectivity index (χ1n) is 7.46. The summed E-state index contributed by atoms with van der Waals surface area (Å²) in [6, 6.07) is 8.97. The molecule has 1 aromatic rings. The summed E-state index contributed by atoms with van der Waals surface area (Å²) < 4.78 is 0. The summed E-state index contributed by atoms with van der Waals surface area (Å²) in [5, 5.41) is 10.0. The van der Waals surface area contributed by atoms with Crippen molar-refractivity contribution in [2.45, 2.75) is 63.4 Å². The fraction of sp³-hybridized carbons (Fsp3) is 0.647. The van der Waals surface area contributed by atoms with Crippen molar-refractivity contribution in [1.29, 1.82) is 0 Å². The summed E-state index contributed by atoms with van der Waals surface area (Å²) in [5.74, 6) is 1.67. The number of benzene rings is 1. The van der Waals surface area contributed by atoms with E-state index in [-0.39, 0.29) is 5.60 Å². The minimum Gasteiger partial charge on any atom is -0.390 e. The van der Waals surface area contributed by atoms with Gasteiger partial charge in [0.25, 0.3) is 0 Å². The fourth-order valence-electron chi connectivity index (χ4n) is 3.25. The van der Waals surface area contributed by atoms with Crippen LogP contribution in [-0.2, 0) is 6.42 Å². The highest BCUT2D eigenvalue weighted by atomic mass is 16.3. The van der Waals surface area contributed by atoms with Crippen molar-refractivity contribution in [3.05, 3.63) is 35.4 Å². The summed E-state index contributed by atoms with van der Waals surface area (Å²) in [7, 11) is 0. The molecule has 1 aromatic carbocycles. The maximum atomic E-state index is 10.0. The van der Waals surface area contributed by atoms with E-state index in [2.05, 4.69) is 31.2 Å². The summed E-state index contributed by atoms with van der Waals surface area (Å²) in [6.45, 7) is 2.37. The molecule has 18 heavy (non-hydrogen) atoms. The van der Waals surface area contributed by atoms with Gasteiger partial charge < -0.3 is 5.11 Å². The highest BCUT2D eigenvalue weighted by Gasteiger charge is 2.40. The average Bonchev–Trinajstić information content (AvgIpc) is 3.08. The van der Waals surface area contributed by atoms with Gasteiger partial charge in [-0.1, -0.05) is 44.0 Å². The van der Waals surface area contributed by atoms with Crippen LogP contribution in [0.5, 0.6) is 0 Å². The highest BCUT2D eigenvalue weighted by molar-refractivity contribution is 5.28. The molecule has 2 aliphatic rings. The van der Waals surface area contributed by atoms with Crippen molar-refractivity contribution >= 4 is 0 Å². The summed E-state index contributed by atoms with van der Waals surface area (Å²) in [4.78, 5) is 0. The summed E-state index contributed by atoms with van der Waals surface area (Å²) in [5.41, 5.74) is 2.47. The summed E-state index contributed by atoms with van der Waals surface area (Å²) in [6.07, 6.45) is 8.25. The first-order valence-corrected chi connectivity index (χ1v) is 7.46. The van der Waals surface area contributed by atoms with E-state index in [1.807, 2.05) is 0 Å². The van der Waals surface area contributed by atoms with Crippen LogP contribution < -0.4 is 0 Å². The van der Waals surface area contributed by atoms with E-state index < -0.39 is 0 Å². The predicted molar refractivity (Wildman–Crippen MR) is 74.7 cm³/mol. The Morgan fingerprint density at radius 2 is 1.89 bits per heavy atom. The lowest BCUT2D eigenvalue weighted by Crippen LogP contribution is -2.13. The van der Waals surface area contributed by atoms with Crippen molar-refractivity contribution in [3.8, 4) is 0 Å². The quantitative estimate of drug-likeness (QED) is 0.850. The first kappa shape index (κ1) is 12.2. The van der Waals surface area contributed by atoms with Crippen molar-refractivity contribution in [3.63, 3.8) is 0 Å². The molecule has 2 saturated carbocycles. The Kier molecular flexibility index (Phi) is 3.19. The van der Waals surface area contributed by atoms with E-state index in [0.717, 1.165) is 31.1 Å². The van der Waals surface area contributed by atoms with Gasteiger partial charge in [-0.3, -0.25) is 0 Å². The van der Waals surface area contributed by atoms with E-state index >= 15 is 0 Å². The molecule has 0 amide bonds. The number of rotatable bonds is 3. The molecule has 98 valence electrons. The van der Waals surface area contributed by atoms with E-state index in [1.54, 1.807) is 0 Å². The van der Waals surface area contributed by atoms with Crippen LogP contribution in [0.4, 0.5) is 0 Å². The topological polar surface area (TPSA) is 20.2 Å². The third kappa shape index (κ3) is 2.77. The smallest absolute Gasteiger partial charge is 0.0690 e. The third-order valence-corrected chi connectivity index (χ3v) is 4.80. The molecule has 1 N–H and O–H groups in total. The van der Waals surface area contributed by atoms with E-state index in [1.165, 1.54) is 36.8 Å². The van der Waals surface area contributed by atoms with Gasteiger partial charge in [0.1, 0.15) is 0 Å². The predicted octanol–water partition coefficient (Wildman–Crippen LogP) is 4.05. The SMILES string of the molecule is CC1CCC(c2cccc(CC3(O)CC3)c2)CC1.